The summed E-state index contributed by atoms with van der Waals surface area (Å²) in [7, 11) is -2.75. The molecule has 0 aromatic carbocycles. The van der Waals surface area contributed by atoms with Crippen molar-refractivity contribution >= 4 is 41.1 Å². The van der Waals surface area contributed by atoms with Gasteiger partial charge in [0, 0.05) is 17.1 Å². The summed E-state index contributed by atoms with van der Waals surface area (Å²) in [4.78, 5) is 13.3. The third-order valence-electron chi connectivity index (χ3n) is 4.73. The van der Waals surface area contributed by atoms with Gasteiger partial charge in [0.25, 0.3) is 5.65 Å². The molecular formula is C20H19BF2N5+. The smallest absolute Gasteiger partial charge is 0.259 e. The van der Waals surface area contributed by atoms with E-state index in [0.717, 1.165) is 26.7 Å². The molecule has 4 aromatic rings. The SMILES string of the molecule is Cc1cc(C)c2ccc(Nc3ccc4c(C)cc(C)nc4[n+]3B(F)F)nc2n1. The van der Waals surface area contributed by atoms with E-state index in [2.05, 4.69) is 20.3 Å². The molecular weight excluding hydrogens is 359 g/mol. The Hall–Kier alpha value is -3.16. The van der Waals surface area contributed by atoms with E-state index in [1.54, 1.807) is 25.1 Å². The minimum Gasteiger partial charge on any atom is -0.259 e. The predicted molar refractivity (Wildman–Crippen MR) is 107 cm³/mol. The highest BCUT2D eigenvalue weighted by atomic mass is 19.2. The predicted octanol–water partition coefficient (Wildman–Crippen LogP) is 4.21. The molecule has 0 fully saturated rings. The average molecular weight is 378 g/mol. The highest BCUT2D eigenvalue weighted by Crippen LogP contribution is 2.22. The van der Waals surface area contributed by atoms with E-state index in [1.165, 1.54) is 0 Å². The Labute approximate surface area is 161 Å². The first-order chi connectivity index (χ1) is 13.3. The molecule has 4 heterocycles. The van der Waals surface area contributed by atoms with Crippen LogP contribution in [0, 0.1) is 27.7 Å². The second-order valence-electron chi connectivity index (χ2n) is 6.96. The molecule has 0 aliphatic heterocycles. The van der Waals surface area contributed by atoms with Gasteiger partial charge in [-0.2, -0.15) is 4.98 Å². The number of rotatable bonds is 3. The maximum atomic E-state index is 13.9. The van der Waals surface area contributed by atoms with Crippen molar-refractivity contribution in [2.45, 2.75) is 27.7 Å². The molecule has 0 saturated heterocycles. The Morgan fingerprint density at radius 3 is 2.18 bits per heavy atom. The van der Waals surface area contributed by atoms with Crippen LogP contribution in [0.3, 0.4) is 0 Å². The van der Waals surface area contributed by atoms with Gasteiger partial charge in [-0.05, 0) is 69.2 Å². The number of halogens is 2. The van der Waals surface area contributed by atoms with Crippen LogP contribution in [0.15, 0.2) is 36.4 Å². The molecule has 0 saturated carbocycles. The second-order valence-corrected chi connectivity index (χ2v) is 6.96. The van der Waals surface area contributed by atoms with E-state index < -0.39 is 7.40 Å². The third-order valence-corrected chi connectivity index (χ3v) is 4.73. The minimum absolute atomic E-state index is 0.219. The van der Waals surface area contributed by atoms with Crippen molar-refractivity contribution in [1.29, 1.82) is 0 Å². The molecule has 0 spiro atoms. The normalized spacial score (nSPS) is 11.2. The fourth-order valence-corrected chi connectivity index (χ4v) is 3.51. The zero-order chi connectivity index (χ0) is 20.0. The van der Waals surface area contributed by atoms with E-state index in [9.17, 15) is 8.63 Å². The van der Waals surface area contributed by atoms with Gasteiger partial charge in [0.05, 0.1) is 5.39 Å². The number of hydrogen-bond donors (Lipinski definition) is 1. The molecule has 5 nitrogen and oxygen atoms in total. The summed E-state index contributed by atoms with van der Waals surface area (Å²) >= 11 is 0. The molecule has 0 aliphatic rings. The number of aromatic nitrogens is 4. The summed E-state index contributed by atoms with van der Waals surface area (Å²) in [5.41, 5.74) is 4.35. The molecule has 0 aliphatic carbocycles. The second kappa shape index (κ2) is 6.78. The van der Waals surface area contributed by atoms with Crippen molar-refractivity contribution in [3.8, 4) is 0 Å². The largest absolute Gasteiger partial charge is 0.768 e. The van der Waals surface area contributed by atoms with Crippen LogP contribution in [0.1, 0.15) is 22.5 Å². The Bertz CT molecular complexity index is 1230. The maximum Gasteiger partial charge on any atom is 0.768 e. The first kappa shape index (κ1) is 18.2. The molecule has 4 aromatic heterocycles. The summed E-state index contributed by atoms with van der Waals surface area (Å²) in [5, 5.41) is 4.63. The number of nitrogens with zero attached hydrogens (tertiary/aromatic N) is 4. The minimum atomic E-state index is -2.75. The molecule has 4 rings (SSSR count). The van der Waals surface area contributed by atoms with E-state index in [1.807, 2.05) is 39.0 Å². The van der Waals surface area contributed by atoms with Crippen molar-refractivity contribution < 1.29 is 13.1 Å². The lowest BCUT2D eigenvalue weighted by atomic mass is 10.1. The van der Waals surface area contributed by atoms with Crippen molar-refractivity contribution in [2.24, 2.45) is 0 Å². The van der Waals surface area contributed by atoms with Gasteiger partial charge in [-0.25, -0.2) is 18.1 Å². The Morgan fingerprint density at radius 2 is 1.46 bits per heavy atom. The molecule has 28 heavy (non-hydrogen) atoms. The van der Waals surface area contributed by atoms with Crippen molar-refractivity contribution in [3.63, 3.8) is 0 Å². The van der Waals surface area contributed by atoms with Gasteiger partial charge in [-0.15, -0.1) is 4.98 Å². The molecule has 0 bridgehead atoms. The van der Waals surface area contributed by atoms with Gasteiger partial charge in [-0.3, -0.25) is 5.32 Å². The number of anilines is 2. The summed E-state index contributed by atoms with van der Waals surface area (Å²) in [6.07, 6.45) is 0. The van der Waals surface area contributed by atoms with Gasteiger partial charge >= 0.3 is 7.40 Å². The van der Waals surface area contributed by atoms with Crippen LogP contribution in [0.5, 0.6) is 0 Å². The van der Waals surface area contributed by atoms with Crippen molar-refractivity contribution in [1.82, 2.24) is 15.0 Å². The first-order valence-electron chi connectivity index (χ1n) is 8.96. The quantitative estimate of drug-likeness (QED) is 0.543. The molecule has 0 unspecified atom stereocenters. The van der Waals surface area contributed by atoms with Crippen molar-refractivity contribution in [3.05, 3.63) is 58.9 Å². The maximum absolute atomic E-state index is 13.9. The molecule has 0 atom stereocenters. The Morgan fingerprint density at radius 1 is 0.821 bits per heavy atom. The van der Waals surface area contributed by atoms with Crippen LogP contribution in [0.4, 0.5) is 20.3 Å². The lowest BCUT2D eigenvalue weighted by Crippen LogP contribution is -2.48. The molecule has 0 radical (unpaired) electrons. The van der Waals surface area contributed by atoms with Gasteiger partial charge in [0.1, 0.15) is 5.69 Å². The summed E-state index contributed by atoms with van der Waals surface area (Å²) in [6, 6.07) is 11.0. The first-order valence-corrected chi connectivity index (χ1v) is 8.96. The van der Waals surface area contributed by atoms with Gasteiger partial charge in [0.2, 0.25) is 5.82 Å². The van der Waals surface area contributed by atoms with Crippen molar-refractivity contribution in [2.75, 3.05) is 5.32 Å². The molecule has 8 heteroatoms. The standard InChI is InChI=1S/C20H18BF2N5/c1-11-9-13(3)24-19-15(11)5-7-17(27-19)26-18-8-6-16-12(2)10-14(4)25-20(16)28(18)21(22)23/h5-10H,1-4H3/p+1. The number of hydrogen-bond acceptors (Lipinski definition) is 4. The zero-order valence-corrected chi connectivity index (χ0v) is 16.1. The van der Waals surface area contributed by atoms with Crippen LogP contribution >= 0.6 is 0 Å². The number of nitrogens with one attached hydrogen (secondary N) is 1. The fraction of sp³-hybridized carbons (Fsp3) is 0.200. The van der Waals surface area contributed by atoms with Gasteiger partial charge < -0.3 is 0 Å². The summed E-state index contributed by atoms with van der Waals surface area (Å²) < 4.78 is 28.8. The van der Waals surface area contributed by atoms with Crippen LogP contribution in [-0.4, -0.2) is 22.4 Å². The molecule has 0 amide bonds. The highest BCUT2D eigenvalue weighted by Gasteiger charge is 2.31. The topological polar surface area (TPSA) is 54.6 Å². The van der Waals surface area contributed by atoms with Crippen LogP contribution in [0.25, 0.3) is 22.1 Å². The van der Waals surface area contributed by atoms with Crippen LogP contribution in [-0.2, 0) is 0 Å². The fourth-order valence-electron chi connectivity index (χ4n) is 3.51. The molecule has 1 N–H and O–H groups in total. The Kier molecular flexibility index (Phi) is 4.41. The van der Waals surface area contributed by atoms with E-state index in [0.29, 0.717) is 22.5 Å². The zero-order valence-electron chi connectivity index (χ0n) is 16.1. The number of aryl methyl sites for hydroxylation is 4. The van der Waals surface area contributed by atoms with Crippen LogP contribution in [0.2, 0.25) is 0 Å². The lowest BCUT2D eigenvalue weighted by Gasteiger charge is -2.10. The highest BCUT2D eigenvalue weighted by molar-refractivity contribution is 6.32. The monoisotopic (exact) mass is 378 g/mol. The summed E-state index contributed by atoms with van der Waals surface area (Å²) in [5.74, 6) is 0.666. The van der Waals surface area contributed by atoms with Crippen LogP contribution < -0.4 is 9.79 Å². The Balaban J connectivity index is 1.86. The van der Waals surface area contributed by atoms with E-state index >= 15 is 0 Å². The van der Waals surface area contributed by atoms with E-state index in [4.69, 9.17) is 0 Å². The van der Waals surface area contributed by atoms with E-state index in [-0.39, 0.29) is 11.5 Å². The third kappa shape index (κ3) is 3.15. The number of pyridine rings is 4. The summed E-state index contributed by atoms with van der Waals surface area (Å²) in [6.45, 7) is 7.58. The average Bonchev–Trinajstić information content (AvgIpc) is 2.60. The van der Waals surface area contributed by atoms with Gasteiger partial charge in [-0.1, -0.05) is 0 Å². The van der Waals surface area contributed by atoms with Gasteiger partial charge in [0.15, 0.2) is 11.5 Å². The number of fused-ring (bicyclic) bond motifs is 2. The lowest BCUT2D eigenvalue weighted by molar-refractivity contribution is -0.511. The molecule has 140 valence electrons.